The molecule has 0 amide bonds. The number of aryl methyl sites for hydroxylation is 2. The second kappa shape index (κ2) is 8.53. The summed E-state index contributed by atoms with van der Waals surface area (Å²) in [4.78, 5) is 8.79. The van der Waals surface area contributed by atoms with Crippen LogP contribution < -0.4 is 10.6 Å². The largest absolute Gasteiger partial charge is 0.352 e. The lowest BCUT2D eigenvalue weighted by Gasteiger charge is -2.13. The molecule has 27 heavy (non-hydrogen) atoms. The van der Waals surface area contributed by atoms with Crippen molar-refractivity contribution in [1.29, 1.82) is 0 Å². The van der Waals surface area contributed by atoms with Crippen molar-refractivity contribution in [2.75, 3.05) is 7.05 Å². The minimum atomic E-state index is 0.602. The summed E-state index contributed by atoms with van der Waals surface area (Å²) in [5.74, 6) is 1.71. The minimum Gasteiger partial charge on any atom is -0.352 e. The van der Waals surface area contributed by atoms with Gasteiger partial charge in [-0.3, -0.25) is 9.67 Å². The van der Waals surface area contributed by atoms with Gasteiger partial charge < -0.3 is 15.2 Å². The highest BCUT2D eigenvalue weighted by atomic mass is 15.3. The van der Waals surface area contributed by atoms with E-state index in [4.69, 9.17) is 0 Å². The smallest absolute Gasteiger partial charge is 0.191 e. The Kier molecular flexibility index (Phi) is 5.90. The molecule has 0 fully saturated rings. The molecule has 2 aromatic heterocycles. The lowest BCUT2D eigenvalue weighted by Crippen LogP contribution is -2.37. The molecule has 0 unspecified atom stereocenters. The van der Waals surface area contributed by atoms with Crippen LogP contribution in [0, 0.1) is 13.8 Å². The van der Waals surface area contributed by atoms with Gasteiger partial charge in [0.1, 0.15) is 5.82 Å². The SMILES string of the molecule is CN=C(NCc1c(C)nn(C)c1C)NCc1nccn1Cc1ccccc1. The molecule has 142 valence electrons. The highest BCUT2D eigenvalue weighted by Crippen LogP contribution is 2.11. The van der Waals surface area contributed by atoms with Gasteiger partial charge in [-0.25, -0.2) is 4.98 Å². The zero-order valence-corrected chi connectivity index (χ0v) is 16.4. The van der Waals surface area contributed by atoms with Gasteiger partial charge in [0.2, 0.25) is 0 Å². The Morgan fingerprint density at radius 1 is 1.11 bits per heavy atom. The molecule has 0 atom stereocenters. The molecule has 0 radical (unpaired) electrons. The average molecular weight is 365 g/mol. The van der Waals surface area contributed by atoms with Crippen LogP contribution in [0.1, 0.15) is 28.3 Å². The molecule has 0 aliphatic rings. The monoisotopic (exact) mass is 365 g/mol. The Hall–Kier alpha value is -3.09. The second-order valence-corrected chi connectivity index (χ2v) is 6.51. The Labute approximate surface area is 160 Å². The minimum absolute atomic E-state index is 0.602. The maximum atomic E-state index is 4.47. The summed E-state index contributed by atoms with van der Waals surface area (Å²) >= 11 is 0. The predicted molar refractivity (Wildman–Crippen MR) is 107 cm³/mol. The number of imidazole rings is 1. The summed E-state index contributed by atoms with van der Waals surface area (Å²) in [6.07, 6.45) is 3.83. The Morgan fingerprint density at radius 3 is 2.52 bits per heavy atom. The third-order valence-corrected chi connectivity index (χ3v) is 4.73. The average Bonchev–Trinajstić information content (AvgIpc) is 3.21. The van der Waals surface area contributed by atoms with E-state index >= 15 is 0 Å². The Balaban J connectivity index is 1.58. The number of nitrogens with zero attached hydrogens (tertiary/aromatic N) is 5. The van der Waals surface area contributed by atoms with Crippen molar-refractivity contribution in [3.8, 4) is 0 Å². The lowest BCUT2D eigenvalue weighted by molar-refractivity contribution is 0.687. The fraction of sp³-hybridized carbons (Fsp3) is 0.350. The van der Waals surface area contributed by atoms with Gasteiger partial charge in [-0.1, -0.05) is 30.3 Å². The standard InChI is InChI=1S/C20H27N7/c1-15-18(16(2)26(4)25-15)12-23-20(21-3)24-13-19-22-10-11-27(19)14-17-8-6-5-7-9-17/h5-11H,12-14H2,1-4H3,(H2,21,23,24). The molecule has 7 nitrogen and oxygen atoms in total. The van der Waals surface area contributed by atoms with E-state index in [1.807, 2.05) is 37.1 Å². The molecular weight excluding hydrogens is 338 g/mol. The number of benzene rings is 1. The summed E-state index contributed by atoms with van der Waals surface area (Å²) in [5, 5.41) is 11.2. The molecule has 0 spiro atoms. The molecule has 0 saturated carbocycles. The van der Waals surface area contributed by atoms with Crippen LogP contribution in [0.25, 0.3) is 0 Å². The Bertz CT molecular complexity index is 906. The van der Waals surface area contributed by atoms with Gasteiger partial charge in [0.05, 0.1) is 12.2 Å². The summed E-state index contributed by atoms with van der Waals surface area (Å²) in [7, 11) is 3.74. The van der Waals surface area contributed by atoms with Gasteiger partial charge in [-0.05, 0) is 19.4 Å². The van der Waals surface area contributed by atoms with E-state index in [2.05, 4.69) is 61.5 Å². The number of hydrogen-bond acceptors (Lipinski definition) is 3. The van der Waals surface area contributed by atoms with Crippen molar-refractivity contribution < 1.29 is 0 Å². The lowest BCUT2D eigenvalue weighted by atomic mass is 10.2. The molecule has 1 aromatic carbocycles. The first-order valence-corrected chi connectivity index (χ1v) is 9.06. The van der Waals surface area contributed by atoms with Crippen LogP contribution in [0.3, 0.4) is 0 Å². The van der Waals surface area contributed by atoms with Crippen molar-refractivity contribution >= 4 is 5.96 Å². The molecule has 0 aliphatic heterocycles. The van der Waals surface area contributed by atoms with Crippen molar-refractivity contribution in [3.63, 3.8) is 0 Å². The van der Waals surface area contributed by atoms with Crippen molar-refractivity contribution in [2.45, 2.75) is 33.5 Å². The molecular formula is C20H27N7. The van der Waals surface area contributed by atoms with Gasteiger partial charge in [0, 0.05) is 50.8 Å². The first-order valence-electron chi connectivity index (χ1n) is 9.06. The fourth-order valence-corrected chi connectivity index (χ4v) is 3.06. The first kappa shape index (κ1) is 18.7. The Morgan fingerprint density at radius 2 is 1.85 bits per heavy atom. The molecule has 2 heterocycles. The fourth-order valence-electron chi connectivity index (χ4n) is 3.06. The van der Waals surface area contributed by atoms with Gasteiger partial charge in [-0.15, -0.1) is 0 Å². The van der Waals surface area contributed by atoms with Crippen LogP contribution in [-0.2, 0) is 26.7 Å². The summed E-state index contributed by atoms with van der Waals surface area (Å²) in [6, 6.07) is 10.4. The van der Waals surface area contributed by atoms with Crippen molar-refractivity contribution in [3.05, 3.63) is 71.1 Å². The van der Waals surface area contributed by atoms with Crippen LogP contribution in [0.2, 0.25) is 0 Å². The van der Waals surface area contributed by atoms with Gasteiger partial charge in [0.25, 0.3) is 0 Å². The number of guanidine groups is 1. The van der Waals surface area contributed by atoms with Gasteiger partial charge in [0.15, 0.2) is 5.96 Å². The van der Waals surface area contributed by atoms with E-state index in [1.165, 1.54) is 11.1 Å². The normalized spacial score (nSPS) is 11.6. The van der Waals surface area contributed by atoms with Crippen LogP contribution in [0.5, 0.6) is 0 Å². The molecule has 0 bridgehead atoms. The molecule has 0 saturated heterocycles. The first-order chi connectivity index (χ1) is 13.1. The van der Waals surface area contributed by atoms with Crippen LogP contribution in [0.4, 0.5) is 0 Å². The zero-order valence-electron chi connectivity index (χ0n) is 16.4. The van der Waals surface area contributed by atoms with Crippen LogP contribution in [0.15, 0.2) is 47.7 Å². The zero-order chi connectivity index (χ0) is 19.2. The van der Waals surface area contributed by atoms with Crippen molar-refractivity contribution in [1.82, 2.24) is 30.0 Å². The number of aromatic nitrogens is 4. The summed E-state index contributed by atoms with van der Waals surface area (Å²) < 4.78 is 4.05. The predicted octanol–water partition coefficient (Wildman–Crippen LogP) is 2.15. The van der Waals surface area contributed by atoms with Crippen LogP contribution >= 0.6 is 0 Å². The highest BCUT2D eigenvalue weighted by Gasteiger charge is 2.10. The summed E-state index contributed by atoms with van der Waals surface area (Å²) in [5.41, 5.74) is 4.65. The maximum absolute atomic E-state index is 4.47. The second-order valence-electron chi connectivity index (χ2n) is 6.51. The van der Waals surface area contributed by atoms with Gasteiger partial charge >= 0.3 is 0 Å². The molecule has 7 heteroatoms. The van der Waals surface area contributed by atoms with E-state index in [0.717, 1.165) is 29.7 Å². The molecule has 3 aromatic rings. The van der Waals surface area contributed by atoms with E-state index in [-0.39, 0.29) is 0 Å². The highest BCUT2D eigenvalue weighted by molar-refractivity contribution is 5.79. The number of rotatable bonds is 6. The summed E-state index contributed by atoms with van der Waals surface area (Å²) in [6.45, 7) is 6.19. The van der Waals surface area contributed by atoms with E-state index in [0.29, 0.717) is 13.1 Å². The van der Waals surface area contributed by atoms with Crippen molar-refractivity contribution in [2.24, 2.45) is 12.0 Å². The quantitative estimate of drug-likeness (QED) is 0.519. The van der Waals surface area contributed by atoms with E-state index < -0.39 is 0 Å². The molecule has 3 rings (SSSR count). The molecule has 2 N–H and O–H groups in total. The number of nitrogens with one attached hydrogen (secondary N) is 2. The molecule has 0 aliphatic carbocycles. The number of hydrogen-bond donors (Lipinski definition) is 2. The number of aliphatic imine (C=N–C) groups is 1. The van der Waals surface area contributed by atoms with Crippen LogP contribution in [-0.4, -0.2) is 32.3 Å². The maximum Gasteiger partial charge on any atom is 0.191 e. The van der Waals surface area contributed by atoms with E-state index in [9.17, 15) is 0 Å². The third-order valence-electron chi connectivity index (χ3n) is 4.73. The topological polar surface area (TPSA) is 72.1 Å². The third kappa shape index (κ3) is 4.55. The van der Waals surface area contributed by atoms with E-state index in [1.54, 1.807) is 7.05 Å². The van der Waals surface area contributed by atoms with Gasteiger partial charge in [-0.2, -0.15) is 5.10 Å².